The summed E-state index contributed by atoms with van der Waals surface area (Å²) in [6.45, 7) is 2.56. The Morgan fingerprint density at radius 1 is 1.00 bits per heavy atom. The number of aliphatic hydroxyl groups is 1. The average molecular weight is 632 g/mol. The summed E-state index contributed by atoms with van der Waals surface area (Å²) in [5, 5.41) is 12.4. The molecule has 0 radical (unpaired) electrons. The van der Waals surface area contributed by atoms with E-state index in [9.17, 15) is 22.0 Å². The number of aryl methyl sites for hydroxylation is 1. The number of benzene rings is 2. The summed E-state index contributed by atoms with van der Waals surface area (Å²) in [5.41, 5.74) is 2.48. The molecular weight excluding hydrogens is 595 g/mol. The topological polar surface area (TPSA) is 115 Å². The van der Waals surface area contributed by atoms with E-state index in [0.717, 1.165) is 18.4 Å². The van der Waals surface area contributed by atoms with Crippen LogP contribution in [0.25, 0.3) is 10.9 Å². The molecule has 13 heteroatoms. The number of halogens is 3. The van der Waals surface area contributed by atoms with Gasteiger partial charge in [-0.15, -0.1) is 0 Å². The lowest BCUT2D eigenvalue weighted by molar-refractivity contribution is -0.0221. The van der Waals surface area contributed by atoms with Crippen molar-refractivity contribution in [3.63, 3.8) is 0 Å². The van der Waals surface area contributed by atoms with Gasteiger partial charge in [0, 0.05) is 50.6 Å². The monoisotopic (exact) mass is 631 g/mol. The molecule has 0 unspecified atom stereocenters. The third kappa shape index (κ3) is 6.30. The Balaban J connectivity index is 1.35. The number of pyridine rings is 1. The molecule has 1 aliphatic carbocycles. The van der Waals surface area contributed by atoms with Gasteiger partial charge in [0.1, 0.15) is 5.69 Å². The fourth-order valence-corrected chi connectivity index (χ4v) is 7.10. The van der Waals surface area contributed by atoms with E-state index in [-0.39, 0.29) is 35.7 Å². The lowest BCUT2D eigenvalue weighted by Gasteiger charge is -2.35. The van der Waals surface area contributed by atoms with Crippen LogP contribution in [-0.2, 0) is 10.0 Å². The molecule has 2 aromatic carbocycles. The maximum Gasteiger partial charge on any atom is 0.257 e. The van der Waals surface area contributed by atoms with Crippen LogP contribution in [0.3, 0.4) is 0 Å². The van der Waals surface area contributed by atoms with Gasteiger partial charge in [-0.2, -0.15) is 0 Å². The smallest absolute Gasteiger partial charge is 0.257 e. The van der Waals surface area contributed by atoms with Crippen LogP contribution in [-0.4, -0.2) is 68.9 Å². The molecule has 1 aromatic heterocycles. The Bertz CT molecular complexity index is 1690. The Labute approximate surface area is 254 Å². The molecule has 1 amide bonds. The zero-order valence-electron chi connectivity index (χ0n) is 24.5. The van der Waals surface area contributed by atoms with Gasteiger partial charge in [-0.25, -0.2) is 21.6 Å². The predicted octanol–water partition coefficient (Wildman–Crippen LogP) is 5.28. The number of nitrogens with zero attached hydrogens (tertiary/aromatic N) is 3. The summed E-state index contributed by atoms with van der Waals surface area (Å²) in [6.07, 6.45) is 5.05. The van der Waals surface area contributed by atoms with Crippen molar-refractivity contribution in [1.82, 2.24) is 4.98 Å². The number of piperidine rings is 2. The van der Waals surface area contributed by atoms with Crippen LogP contribution in [0.5, 0.6) is 0 Å². The zero-order chi connectivity index (χ0) is 31.3. The van der Waals surface area contributed by atoms with Crippen LogP contribution < -0.4 is 19.8 Å². The van der Waals surface area contributed by atoms with Gasteiger partial charge in [-0.1, -0.05) is 0 Å². The standard InChI is InChI=1S/C31H36F3N5O4S/c1-20-16-21-17-24(26(32)28(27(21)35-19-20)39-12-8-31(33,34)9-13-39)36-29(41)23-3-2-22(37-44(42,43)15-14-40)18-25(23)38-10-6-30(4-5-30)7-11-38/h2-3,16-19,37,40H,4-15H2,1H3,(H,36,41). The lowest BCUT2D eigenvalue weighted by atomic mass is 9.93. The third-order valence-corrected chi connectivity index (χ3v) is 10.3. The minimum Gasteiger partial charge on any atom is -0.395 e. The molecule has 2 aliphatic heterocycles. The number of sulfonamides is 1. The fraction of sp³-hybridized carbons (Fsp3) is 0.484. The number of rotatable bonds is 8. The SMILES string of the molecule is Cc1cnc2c(N3CCC(F)(F)CC3)c(F)c(NC(=O)c3ccc(NS(=O)(=O)CCO)cc3N3CCC4(CC3)CC4)cc2c1. The molecule has 1 saturated carbocycles. The van der Waals surface area contributed by atoms with E-state index in [1.54, 1.807) is 23.2 Å². The van der Waals surface area contributed by atoms with Gasteiger partial charge < -0.3 is 20.2 Å². The molecule has 3 aromatic rings. The minimum atomic E-state index is -3.80. The van der Waals surface area contributed by atoms with Crippen LogP contribution in [0, 0.1) is 18.2 Å². The van der Waals surface area contributed by atoms with Crippen LogP contribution in [0.1, 0.15) is 54.4 Å². The first-order chi connectivity index (χ1) is 20.9. The van der Waals surface area contributed by atoms with Crippen molar-refractivity contribution in [2.24, 2.45) is 5.41 Å². The van der Waals surface area contributed by atoms with Gasteiger partial charge in [-0.3, -0.25) is 14.5 Å². The van der Waals surface area contributed by atoms with Crippen molar-refractivity contribution in [1.29, 1.82) is 0 Å². The summed E-state index contributed by atoms with van der Waals surface area (Å²) >= 11 is 0. The lowest BCUT2D eigenvalue weighted by Crippen LogP contribution is -2.40. The normalized spacial score (nSPS) is 19.3. The van der Waals surface area contributed by atoms with Crippen LogP contribution >= 0.6 is 0 Å². The number of anilines is 4. The number of fused-ring (bicyclic) bond motifs is 1. The van der Waals surface area contributed by atoms with Gasteiger partial charge in [0.15, 0.2) is 5.82 Å². The molecule has 3 heterocycles. The van der Waals surface area contributed by atoms with E-state index in [1.165, 1.54) is 31.0 Å². The van der Waals surface area contributed by atoms with E-state index in [2.05, 4.69) is 15.0 Å². The van der Waals surface area contributed by atoms with Crippen molar-refractivity contribution >= 4 is 49.6 Å². The quantitative estimate of drug-likeness (QED) is 0.310. The van der Waals surface area contributed by atoms with E-state index >= 15 is 4.39 Å². The summed E-state index contributed by atoms with van der Waals surface area (Å²) < 4.78 is 71.3. The Morgan fingerprint density at radius 2 is 1.68 bits per heavy atom. The van der Waals surface area contributed by atoms with E-state index in [1.807, 2.05) is 11.8 Å². The summed E-state index contributed by atoms with van der Waals surface area (Å²) in [6, 6.07) is 7.86. The minimum absolute atomic E-state index is 0.0553. The summed E-state index contributed by atoms with van der Waals surface area (Å²) in [4.78, 5) is 21.9. The highest BCUT2D eigenvalue weighted by Gasteiger charge is 2.44. The summed E-state index contributed by atoms with van der Waals surface area (Å²) in [7, 11) is -3.80. The second kappa shape index (κ2) is 11.4. The van der Waals surface area contributed by atoms with Crippen LogP contribution in [0.15, 0.2) is 36.5 Å². The molecule has 236 valence electrons. The van der Waals surface area contributed by atoms with Gasteiger partial charge in [0.2, 0.25) is 10.0 Å². The Morgan fingerprint density at radius 3 is 2.34 bits per heavy atom. The zero-order valence-corrected chi connectivity index (χ0v) is 25.3. The highest BCUT2D eigenvalue weighted by Crippen LogP contribution is 2.54. The first kappa shape index (κ1) is 30.4. The number of hydrogen-bond donors (Lipinski definition) is 3. The van der Waals surface area contributed by atoms with Crippen molar-refractivity contribution in [3.05, 3.63) is 53.5 Å². The van der Waals surface area contributed by atoms with E-state index in [4.69, 9.17) is 5.11 Å². The molecule has 3 aliphatic rings. The van der Waals surface area contributed by atoms with Crippen LogP contribution in [0.2, 0.25) is 0 Å². The predicted molar refractivity (Wildman–Crippen MR) is 165 cm³/mol. The van der Waals surface area contributed by atoms with Gasteiger partial charge in [-0.05, 0) is 73.9 Å². The summed E-state index contributed by atoms with van der Waals surface area (Å²) in [5.74, 6) is -4.63. The largest absolute Gasteiger partial charge is 0.395 e. The maximum absolute atomic E-state index is 16.2. The van der Waals surface area contributed by atoms with E-state index < -0.39 is 52.9 Å². The van der Waals surface area contributed by atoms with Crippen molar-refractivity contribution < 1.29 is 31.5 Å². The first-order valence-corrected chi connectivity index (χ1v) is 16.6. The number of alkyl halides is 2. The van der Waals surface area contributed by atoms with Crippen molar-refractivity contribution in [2.45, 2.75) is 51.4 Å². The molecule has 6 rings (SSSR count). The van der Waals surface area contributed by atoms with Gasteiger partial charge in [0.25, 0.3) is 11.8 Å². The Hall–Kier alpha value is -3.58. The number of aliphatic hydroxyl groups excluding tert-OH is 1. The molecular formula is C31H36F3N5O4S. The number of hydrogen-bond acceptors (Lipinski definition) is 7. The number of amides is 1. The highest BCUT2D eigenvalue weighted by molar-refractivity contribution is 7.92. The molecule has 0 atom stereocenters. The molecule has 2 saturated heterocycles. The maximum atomic E-state index is 16.2. The number of carbonyl (C=O) groups excluding carboxylic acids is 1. The van der Waals surface area contributed by atoms with Crippen molar-refractivity contribution in [3.8, 4) is 0 Å². The van der Waals surface area contributed by atoms with Gasteiger partial charge in [0.05, 0.1) is 40.5 Å². The highest BCUT2D eigenvalue weighted by atomic mass is 32.2. The second-order valence-electron chi connectivity index (χ2n) is 12.3. The second-order valence-corrected chi connectivity index (χ2v) is 14.2. The third-order valence-electron chi connectivity index (χ3n) is 9.08. The molecule has 9 nitrogen and oxygen atoms in total. The first-order valence-electron chi connectivity index (χ1n) is 14.9. The fourth-order valence-electron chi connectivity index (χ4n) is 6.28. The molecule has 3 N–H and O–H groups in total. The number of carbonyl (C=O) groups is 1. The molecule has 0 bridgehead atoms. The molecule has 44 heavy (non-hydrogen) atoms. The Kier molecular flexibility index (Phi) is 7.89. The molecule has 1 spiro atoms. The van der Waals surface area contributed by atoms with Gasteiger partial charge >= 0.3 is 0 Å². The number of aromatic nitrogens is 1. The van der Waals surface area contributed by atoms with E-state index in [0.29, 0.717) is 35.1 Å². The average Bonchev–Trinajstić information content (AvgIpc) is 3.72. The molecule has 3 fully saturated rings. The van der Waals surface area contributed by atoms with Crippen molar-refractivity contribution in [2.75, 3.05) is 58.4 Å². The van der Waals surface area contributed by atoms with Crippen LogP contribution in [0.4, 0.5) is 35.9 Å². The number of nitrogens with one attached hydrogen (secondary N) is 2.